The van der Waals surface area contributed by atoms with E-state index in [1.54, 1.807) is 0 Å². The molecular formula is C7H15S. The molecular weight excluding hydrogens is 116 g/mol. The van der Waals surface area contributed by atoms with Crippen molar-refractivity contribution in [2.24, 2.45) is 0 Å². The van der Waals surface area contributed by atoms with Crippen LogP contribution in [0, 0.1) is 6.92 Å². The van der Waals surface area contributed by atoms with Gasteiger partial charge in [0.15, 0.2) is 0 Å². The van der Waals surface area contributed by atoms with Gasteiger partial charge in [-0.3, -0.25) is 0 Å². The van der Waals surface area contributed by atoms with Crippen molar-refractivity contribution in [2.45, 2.75) is 26.2 Å². The third kappa shape index (κ3) is 6.35. The standard InChI is InChI=1S/C7H15S/c1-3-5-7-8-6-4-2/h2-7H2,1H3. The normalized spacial score (nSPS) is 9.75. The maximum Gasteiger partial charge on any atom is -0.00675 e. The molecule has 0 saturated heterocycles. The second kappa shape index (κ2) is 7.35. The van der Waals surface area contributed by atoms with Gasteiger partial charge in [-0.15, -0.1) is 0 Å². The Morgan fingerprint density at radius 2 is 2.12 bits per heavy atom. The average molecular weight is 131 g/mol. The number of hydrogen-bond acceptors (Lipinski definition) is 1. The Bertz CT molecular complexity index is 29.4. The number of hydrogen-bond donors (Lipinski definition) is 0. The highest BCUT2D eigenvalue weighted by atomic mass is 32.2. The first-order valence-electron chi connectivity index (χ1n) is 3.28. The van der Waals surface area contributed by atoms with Crippen LogP contribution >= 0.6 is 11.8 Å². The summed E-state index contributed by atoms with van der Waals surface area (Å²) in [7, 11) is 0. The van der Waals surface area contributed by atoms with E-state index in [-0.39, 0.29) is 0 Å². The molecule has 8 heavy (non-hydrogen) atoms. The maximum absolute atomic E-state index is 3.76. The largest absolute Gasteiger partial charge is 0.162 e. The smallest absolute Gasteiger partial charge is 0.00675 e. The molecule has 0 rings (SSSR count). The van der Waals surface area contributed by atoms with E-state index in [1.807, 2.05) is 11.8 Å². The molecule has 0 aliphatic rings. The molecule has 0 bridgehead atoms. The molecule has 0 N–H and O–H groups in total. The third-order valence-electron chi connectivity index (χ3n) is 0.931. The maximum atomic E-state index is 3.76. The minimum absolute atomic E-state index is 1.08. The molecule has 0 atom stereocenters. The summed E-state index contributed by atoms with van der Waals surface area (Å²) in [6, 6.07) is 0. The minimum atomic E-state index is 1.08. The molecule has 49 valence electrons. The van der Waals surface area contributed by atoms with E-state index >= 15 is 0 Å². The van der Waals surface area contributed by atoms with Gasteiger partial charge in [-0.25, -0.2) is 0 Å². The Kier molecular flexibility index (Phi) is 7.67. The molecule has 0 unspecified atom stereocenters. The van der Waals surface area contributed by atoms with Crippen LogP contribution in [0.5, 0.6) is 0 Å². The van der Waals surface area contributed by atoms with Gasteiger partial charge in [0.1, 0.15) is 0 Å². The van der Waals surface area contributed by atoms with Gasteiger partial charge in [0.2, 0.25) is 0 Å². The topological polar surface area (TPSA) is 0 Å². The summed E-state index contributed by atoms with van der Waals surface area (Å²) >= 11 is 2.02. The van der Waals surface area contributed by atoms with Crippen molar-refractivity contribution in [3.63, 3.8) is 0 Å². The van der Waals surface area contributed by atoms with Crippen LogP contribution < -0.4 is 0 Å². The summed E-state index contributed by atoms with van der Waals surface area (Å²) in [5, 5.41) is 0. The van der Waals surface area contributed by atoms with E-state index < -0.39 is 0 Å². The Morgan fingerprint density at radius 1 is 1.38 bits per heavy atom. The van der Waals surface area contributed by atoms with E-state index in [4.69, 9.17) is 0 Å². The Hall–Kier alpha value is 0.350. The molecule has 0 aromatic heterocycles. The summed E-state index contributed by atoms with van der Waals surface area (Å²) in [4.78, 5) is 0. The van der Waals surface area contributed by atoms with Crippen LogP contribution in [0.4, 0.5) is 0 Å². The van der Waals surface area contributed by atoms with Crippen LogP contribution in [0.3, 0.4) is 0 Å². The van der Waals surface area contributed by atoms with Gasteiger partial charge in [-0.05, 0) is 24.3 Å². The van der Waals surface area contributed by atoms with E-state index in [0.29, 0.717) is 0 Å². The number of unbranched alkanes of at least 4 members (excludes halogenated alkanes) is 1. The highest BCUT2D eigenvalue weighted by Gasteiger charge is 1.83. The summed E-state index contributed by atoms with van der Waals surface area (Å²) in [5.41, 5.74) is 0. The predicted octanol–water partition coefficient (Wildman–Crippen LogP) is 2.74. The monoisotopic (exact) mass is 131 g/mol. The summed E-state index contributed by atoms with van der Waals surface area (Å²) in [6.45, 7) is 5.99. The van der Waals surface area contributed by atoms with Crippen molar-refractivity contribution >= 4 is 11.8 Å². The summed E-state index contributed by atoms with van der Waals surface area (Å²) in [6.07, 6.45) is 3.77. The zero-order chi connectivity index (χ0) is 6.24. The average Bonchev–Trinajstić information content (AvgIpc) is 1.81. The van der Waals surface area contributed by atoms with E-state index in [1.165, 1.54) is 24.3 Å². The molecule has 0 saturated carbocycles. The van der Waals surface area contributed by atoms with Gasteiger partial charge in [-0.2, -0.15) is 11.8 Å². The molecule has 0 heterocycles. The third-order valence-corrected chi connectivity index (χ3v) is 2.09. The van der Waals surface area contributed by atoms with Crippen LogP contribution in [0.25, 0.3) is 0 Å². The molecule has 0 aliphatic carbocycles. The van der Waals surface area contributed by atoms with Crippen molar-refractivity contribution < 1.29 is 0 Å². The van der Waals surface area contributed by atoms with Crippen molar-refractivity contribution in [3.05, 3.63) is 6.92 Å². The summed E-state index contributed by atoms with van der Waals surface area (Å²) in [5.74, 6) is 2.56. The highest BCUT2D eigenvalue weighted by Crippen LogP contribution is 2.04. The zero-order valence-electron chi connectivity index (χ0n) is 5.65. The molecule has 0 nitrogen and oxygen atoms in total. The highest BCUT2D eigenvalue weighted by molar-refractivity contribution is 7.99. The first-order valence-corrected chi connectivity index (χ1v) is 4.44. The van der Waals surface area contributed by atoms with E-state index in [0.717, 1.165) is 6.42 Å². The van der Waals surface area contributed by atoms with Crippen LogP contribution in [-0.2, 0) is 0 Å². The first-order chi connectivity index (χ1) is 3.91. The minimum Gasteiger partial charge on any atom is -0.162 e. The first kappa shape index (κ1) is 8.35. The van der Waals surface area contributed by atoms with Gasteiger partial charge in [0.25, 0.3) is 0 Å². The SMILES string of the molecule is [CH2]CCSCCCC. The molecule has 0 aliphatic heterocycles. The molecule has 0 aromatic carbocycles. The molecule has 1 radical (unpaired) electrons. The fourth-order valence-corrected chi connectivity index (χ4v) is 1.35. The molecule has 1 heteroatoms. The lowest BCUT2D eigenvalue weighted by Crippen LogP contribution is -1.79. The van der Waals surface area contributed by atoms with Gasteiger partial charge >= 0.3 is 0 Å². The molecule has 0 aromatic rings. The van der Waals surface area contributed by atoms with Gasteiger partial charge in [-0.1, -0.05) is 20.3 Å². The van der Waals surface area contributed by atoms with Crippen molar-refractivity contribution in [1.82, 2.24) is 0 Å². The van der Waals surface area contributed by atoms with E-state index in [2.05, 4.69) is 13.8 Å². The fraction of sp³-hybridized carbons (Fsp3) is 0.857. The van der Waals surface area contributed by atoms with Crippen LogP contribution in [0.15, 0.2) is 0 Å². The quantitative estimate of drug-likeness (QED) is 0.517. The van der Waals surface area contributed by atoms with Crippen molar-refractivity contribution in [3.8, 4) is 0 Å². The lowest BCUT2D eigenvalue weighted by Gasteiger charge is -1.94. The lowest BCUT2D eigenvalue weighted by molar-refractivity contribution is 0.896. The zero-order valence-corrected chi connectivity index (χ0v) is 6.47. The predicted molar refractivity (Wildman–Crippen MR) is 42.2 cm³/mol. The lowest BCUT2D eigenvalue weighted by atomic mass is 10.4. The Balaban J connectivity index is 2.53. The van der Waals surface area contributed by atoms with E-state index in [9.17, 15) is 0 Å². The van der Waals surface area contributed by atoms with Gasteiger partial charge in [0, 0.05) is 0 Å². The Morgan fingerprint density at radius 3 is 2.62 bits per heavy atom. The van der Waals surface area contributed by atoms with Gasteiger partial charge in [0.05, 0.1) is 0 Å². The van der Waals surface area contributed by atoms with Crippen LogP contribution in [0.1, 0.15) is 26.2 Å². The molecule has 0 fully saturated rings. The van der Waals surface area contributed by atoms with Crippen molar-refractivity contribution in [2.75, 3.05) is 11.5 Å². The Labute approximate surface area is 57.1 Å². The number of thioether (sulfide) groups is 1. The number of rotatable bonds is 5. The fourth-order valence-electron chi connectivity index (χ4n) is 0.451. The van der Waals surface area contributed by atoms with Gasteiger partial charge < -0.3 is 0 Å². The van der Waals surface area contributed by atoms with Crippen LogP contribution in [0.2, 0.25) is 0 Å². The van der Waals surface area contributed by atoms with Crippen LogP contribution in [-0.4, -0.2) is 11.5 Å². The molecule has 0 spiro atoms. The van der Waals surface area contributed by atoms with Crippen molar-refractivity contribution in [1.29, 1.82) is 0 Å². The molecule has 0 amide bonds. The second-order valence-electron chi connectivity index (χ2n) is 1.82. The summed E-state index contributed by atoms with van der Waals surface area (Å²) < 4.78 is 0. The second-order valence-corrected chi connectivity index (χ2v) is 3.04.